The first-order valence-corrected chi connectivity index (χ1v) is 10.9. The molecule has 2 rings (SSSR count). The van der Waals surface area contributed by atoms with Gasteiger partial charge < -0.3 is 9.47 Å². The van der Waals surface area contributed by atoms with Crippen molar-refractivity contribution < 1.29 is 27.4 Å². The molecule has 3 nitrogen and oxygen atoms in total. The number of carbonyl (C=O) groups is 1. The van der Waals surface area contributed by atoms with Crippen LogP contribution in [0.1, 0.15) is 47.8 Å². The lowest BCUT2D eigenvalue weighted by molar-refractivity contribution is -0.137. The maximum absolute atomic E-state index is 13.0. The molecule has 9 heteroatoms. The van der Waals surface area contributed by atoms with Crippen LogP contribution in [-0.4, -0.2) is 18.2 Å². The molecule has 0 fully saturated rings. The molecule has 0 bridgehead atoms. The standard InChI is InChI=1S/C22H20Cl2F3IO3/c1-12-10-13(22(25,26)27)11-17(19(12)28)30-9-5-6-14-16(23)8-7-15(18(14)24)20(29)31-21(2,3)4/h5-8,10-11H,9H2,1-4H3. The van der Waals surface area contributed by atoms with Crippen LogP contribution in [0.5, 0.6) is 5.75 Å². The van der Waals surface area contributed by atoms with Crippen LogP contribution < -0.4 is 4.74 Å². The average molecular weight is 587 g/mol. The van der Waals surface area contributed by atoms with Crippen molar-refractivity contribution in [3.8, 4) is 5.75 Å². The van der Waals surface area contributed by atoms with Gasteiger partial charge in [0, 0.05) is 10.6 Å². The Balaban J connectivity index is 2.22. The number of aryl methyl sites for hydroxylation is 1. The van der Waals surface area contributed by atoms with Crippen LogP contribution in [0.25, 0.3) is 6.08 Å². The van der Waals surface area contributed by atoms with Gasteiger partial charge in [-0.15, -0.1) is 0 Å². The minimum absolute atomic E-state index is 0.0277. The summed E-state index contributed by atoms with van der Waals surface area (Å²) in [6.07, 6.45) is -1.37. The number of carbonyl (C=O) groups excluding carboxylic acids is 1. The largest absolute Gasteiger partial charge is 0.488 e. The number of ether oxygens (including phenoxy) is 2. The molecule has 0 radical (unpaired) electrons. The zero-order chi connectivity index (χ0) is 23.6. The van der Waals surface area contributed by atoms with E-state index in [1.54, 1.807) is 39.8 Å². The highest BCUT2D eigenvalue weighted by atomic mass is 127. The summed E-state index contributed by atoms with van der Waals surface area (Å²) in [6, 6.07) is 5.03. The van der Waals surface area contributed by atoms with Gasteiger partial charge in [-0.1, -0.05) is 29.3 Å². The van der Waals surface area contributed by atoms with E-state index in [4.69, 9.17) is 32.7 Å². The van der Waals surface area contributed by atoms with Crippen molar-refractivity contribution in [2.75, 3.05) is 6.61 Å². The van der Waals surface area contributed by atoms with Gasteiger partial charge in [0.1, 0.15) is 18.0 Å². The number of halogens is 6. The second-order valence-electron chi connectivity index (χ2n) is 7.64. The van der Waals surface area contributed by atoms with Gasteiger partial charge in [0.15, 0.2) is 0 Å². The monoisotopic (exact) mass is 586 g/mol. The molecule has 0 spiro atoms. The predicted octanol–water partition coefficient (Wildman–Crippen LogP) is 7.97. The Morgan fingerprint density at radius 3 is 2.39 bits per heavy atom. The molecule has 0 unspecified atom stereocenters. The van der Waals surface area contributed by atoms with Gasteiger partial charge in [-0.3, -0.25) is 0 Å². The van der Waals surface area contributed by atoms with Gasteiger partial charge in [-0.25, -0.2) is 4.79 Å². The lowest BCUT2D eigenvalue weighted by atomic mass is 10.1. The number of rotatable bonds is 5. The Morgan fingerprint density at radius 1 is 1.16 bits per heavy atom. The molecule has 2 aromatic rings. The SMILES string of the molecule is Cc1cc(C(F)(F)F)cc(OCC=Cc2c(Cl)ccc(C(=O)OC(C)(C)C)c2Cl)c1I. The van der Waals surface area contributed by atoms with E-state index in [1.165, 1.54) is 12.1 Å². The van der Waals surface area contributed by atoms with Gasteiger partial charge in [-0.05, 0) is 86.2 Å². The molecule has 0 aliphatic heterocycles. The normalized spacial score (nSPS) is 12.3. The highest BCUT2D eigenvalue weighted by Gasteiger charge is 2.32. The molecule has 0 heterocycles. The second kappa shape index (κ2) is 10.0. The highest BCUT2D eigenvalue weighted by Crippen LogP contribution is 2.36. The van der Waals surface area contributed by atoms with E-state index in [0.29, 0.717) is 19.7 Å². The number of alkyl halides is 3. The van der Waals surface area contributed by atoms with Gasteiger partial charge >= 0.3 is 12.1 Å². The Bertz CT molecular complexity index is 1010. The fourth-order valence-electron chi connectivity index (χ4n) is 2.52. The molecule has 0 saturated carbocycles. The quantitative estimate of drug-likeness (QED) is 0.263. The Kier molecular flexibility index (Phi) is 8.33. The maximum atomic E-state index is 13.0. The number of benzene rings is 2. The Labute approximate surface area is 202 Å². The third-order valence-electron chi connectivity index (χ3n) is 3.91. The molecule has 0 amide bonds. The molecule has 0 atom stereocenters. The molecular weight excluding hydrogens is 567 g/mol. The van der Waals surface area contributed by atoms with Crippen LogP contribution in [-0.2, 0) is 10.9 Å². The van der Waals surface area contributed by atoms with Gasteiger partial charge in [0.25, 0.3) is 0 Å². The lowest BCUT2D eigenvalue weighted by Gasteiger charge is -2.20. The summed E-state index contributed by atoms with van der Waals surface area (Å²) in [5, 5.41) is 0.417. The van der Waals surface area contributed by atoms with Crippen molar-refractivity contribution in [1.29, 1.82) is 0 Å². The van der Waals surface area contributed by atoms with Crippen molar-refractivity contribution in [1.82, 2.24) is 0 Å². The van der Waals surface area contributed by atoms with Crippen LogP contribution in [0.3, 0.4) is 0 Å². The topological polar surface area (TPSA) is 35.5 Å². The fourth-order valence-corrected chi connectivity index (χ4v) is 3.56. The fraction of sp³-hybridized carbons (Fsp3) is 0.318. The predicted molar refractivity (Wildman–Crippen MR) is 125 cm³/mol. The van der Waals surface area contributed by atoms with E-state index in [1.807, 2.05) is 22.6 Å². The minimum Gasteiger partial charge on any atom is -0.488 e. The van der Waals surface area contributed by atoms with E-state index in [2.05, 4.69) is 0 Å². The molecule has 0 aromatic heterocycles. The van der Waals surface area contributed by atoms with Gasteiger partial charge in [-0.2, -0.15) is 13.2 Å². The van der Waals surface area contributed by atoms with E-state index in [9.17, 15) is 18.0 Å². The van der Waals surface area contributed by atoms with E-state index < -0.39 is 23.3 Å². The molecule has 31 heavy (non-hydrogen) atoms. The summed E-state index contributed by atoms with van der Waals surface area (Å²) in [5.41, 5.74) is -0.467. The van der Waals surface area contributed by atoms with Crippen molar-refractivity contribution in [3.63, 3.8) is 0 Å². The number of hydrogen-bond acceptors (Lipinski definition) is 3. The molecule has 0 saturated heterocycles. The van der Waals surface area contributed by atoms with Crippen LogP contribution >= 0.6 is 45.8 Å². The van der Waals surface area contributed by atoms with Crippen molar-refractivity contribution in [2.24, 2.45) is 0 Å². The first kappa shape index (κ1) is 25.8. The van der Waals surface area contributed by atoms with Crippen molar-refractivity contribution >= 4 is 57.8 Å². The Morgan fingerprint density at radius 2 is 1.81 bits per heavy atom. The molecule has 0 aliphatic carbocycles. The zero-order valence-corrected chi connectivity index (χ0v) is 20.8. The summed E-state index contributed by atoms with van der Waals surface area (Å²) in [6.45, 7) is 6.78. The van der Waals surface area contributed by atoms with Crippen molar-refractivity contribution in [3.05, 3.63) is 66.2 Å². The van der Waals surface area contributed by atoms with Crippen LogP contribution in [0.15, 0.2) is 30.3 Å². The van der Waals surface area contributed by atoms with E-state index in [-0.39, 0.29) is 22.9 Å². The van der Waals surface area contributed by atoms with Gasteiger partial charge in [0.05, 0.1) is 19.7 Å². The second-order valence-corrected chi connectivity index (χ2v) is 9.50. The van der Waals surface area contributed by atoms with Crippen molar-refractivity contribution in [2.45, 2.75) is 39.5 Å². The highest BCUT2D eigenvalue weighted by molar-refractivity contribution is 14.1. The summed E-state index contributed by atoms with van der Waals surface area (Å²) >= 11 is 14.5. The summed E-state index contributed by atoms with van der Waals surface area (Å²) < 4.78 is 50.6. The zero-order valence-electron chi connectivity index (χ0n) is 17.2. The maximum Gasteiger partial charge on any atom is 0.416 e. The summed E-state index contributed by atoms with van der Waals surface area (Å²) in [5.74, 6) is -0.466. The van der Waals surface area contributed by atoms with Crippen LogP contribution in [0.4, 0.5) is 13.2 Å². The van der Waals surface area contributed by atoms with E-state index in [0.717, 1.165) is 12.1 Å². The molecule has 168 valence electrons. The van der Waals surface area contributed by atoms with E-state index >= 15 is 0 Å². The summed E-state index contributed by atoms with van der Waals surface area (Å²) in [4.78, 5) is 12.4. The number of hydrogen-bond donors (Lipinski definition) is 0. The van der Waals surface area contributed by atoms with Gasteiger partial charge in [0.2, 0.25) is 0 Å². The minimum atomic E-state index is -4.47. The first-order valence-electron chi connectivity index (χ1n) is 9.08. The molecular formula is C22H20Cl2F3IO3. The smallest absolute Gasteiger partial charge is 0.416 e. The molecule has 0 aliphatic rings. The lowest BCUT2D eigenvalue weighted by Crippen LogP contribution is -2.24. The molecule has 0 N–H and O–H groups in total. The number of esters is 1. The third-order valence-corrected chi connectivity index (χ3v) is 6.03. The summed E-state index contributed by atoms with van der Waals surface area (Å²) in [7, 11) is 0. The van der Waals surface area contributed by atoms with Crippen LogP contribution in [0, 0.1) is 10.5 Å². The third kappa shape index (κ3) is 7.02. The first-order chi connectivity index (χ1) is 14.2. The average Bonchev–Trinajstić information content (AvgIpc) is 2.61. The Hall–Kier alpha value is -1.45. The molecule has 2 aromatic carbocycles. The van der Waals surface area contributed by atoms with Crippen LogP contribution in [0.2, 0.25) is 10.0 Å².